The average molecular weight is 312 g/mol. The van der Waals surface area contributed by atoms with Gasteiger partial charge in [-0.25, -0.2) is 4.79 Å². The van der Waals surface area contributed by atoms with Crippen LogP contribution in [0.4, 0.5) is 0 Å². The third kappa shape index (κ3) is 3.74. The van der Waals surface area contributed by atoms with Crippen molar-refractivity contribution in [2.24, 2.45) is 0 Å². The highest BCUT2D eigenvalue weighted by molar-refractivity contribution is 6.30. The first-order chi connectivity index (χ1) is 10.0. The van der Waals surface area contributed by atoms with E-state index in [1.54, 1.807) is 17.0 Å². The van der Waals surface area contributed by atoms with Crippen LogP contribution in [0, 0.1) is 0 Å². The molecule has 1 N–H and O–H groups in total. The van der Waals surface area contributed by atoms with Crippen molar-refractivity contribution in [3.63, 3.8) is 0 Å². The van der Waals surface area contributed by atoms with E-state index in [2.05, 4.69) is 0 Å². The van der Waals surface area contributed by atoms with Gasteiger partial charge in [-0.3, -0.25) is 4.79 Å². The van der Waals surface area contributed by atoms with E-state index in [9.17, 15) is 9.59 Å². The Morgan fingerprint density at radius 2 is 2.10 bits per heavy atom. The molecule has 0 bridgehead atoms. The number of rotatable bonds is 5. The molecule has 0 aromatic heterocycles. The highest BCUT2D eigenvalue weighted by Gasteiger charge is 2.36. The van der Waals surface area contributed by atoms with Crippen LogP contribution in [-0.2, 0) is 14.3 Å². The van der Waals surface area contributed by atoms with Crippen molar-refractivity contribution in [1.82, 2.24) is 4.90 Å². The molecule has 0 spiro atoms. The smallest absolute Gasteiger partial charge is 0.329 e. The van der Waals surface area contributed by atoms with Crippen LogP contribution in [0.5, 0.6) is 0 Å². The Morgan fingerprint density at radius 1 is 1.43 bits per heavy atom. The van der Waals surface area contributed by atoms with Crippen LogP contribution in [0.2, 0.25) is 5.02 Å². The summed E-state index contributed by atoms with van der Waals surface area (Å²) < 4.78 is 5.50. The summed E-state index contributed by atoms with van der Waals surface area (Å²) in [5.74, 6) is -0.947. The van der Waals surface area contributed by atoms with E-state index < -0.39 is 5.97 Å². The number of hydrogen-bond acceptors (Lipinski definition) is 3. The Balaban J connectivity index is 2.27. The molecular formula is C15H18ClNO4. The predicted molar refractivity (Wildman–Crippen MR) is 78.2 cm³/mol. The van der Waals surface area contributed by atoms with Gasteiger partial charge in [0.15, 0.2) is 0 Å². The zero-order chi connectivity index (χ0) is 15.4. The number of amides is 1. The van der Waals surface area contributed by atoms with Crippen LogP contribution in [0.15, 0.2) is 24.3 Å². The van der Waals surface area contributed by atoms with E-state index in [0.717, 1.165) is 5.56 Å². The SMILES string of the molecule is CCN1C(=O)CC[C@H](OCC(=O)O)[C@H]1c1ccc(Cl)cc1. The number of likely N-dealkylation sites (N-methyl/N-ethyl adjacent to an activating group) is 1. The minimum atomic E-state index is -1.01. The average Bonchev–Trinajstić information content (AvgIpc) is 2.46. The molecule has 1 aliphatic heterocycles. The zero-order valence-corrected chi connectivity index (χ0v) is 12.5. The molecule has 1 amide bonds. The molecule has 21 heavy (non-hydrogen) atoms. The van der Waals surface area contributed by atoms with Crippen molar-refractivity contribution in [2.75, 3.05) is 13.2 Å². The summed E-state index contributed by atoms with van der Waals surface area (Å²) in [5, 5.41) is 9.41. The molecule has 1 fully saturated rings. The molecule has 114 valence electrons. The fourth-order valence-electron chi connectivity index (χ4n) is 2.70. The van der Waals surface area contributed by atoms with Crippen LogP contribution in [-0.4, -0.2) is 41.1 Å². The first-order valence-corrected chi connectivity index (χ1v) is 7.29. The largest absolute Gasteiger partial charge is 0.480 e. The van der Waals surface area contributed by atoms with Gasteiger partial charge in [-0.05, 0) is 31.0 Å². The quantitative estimate of drug-likeness (QED) is 0.907. The third-order valence-electron chi connectivity index (χ3n) is 3.62. The number of halogens is 1. The Bertz CT molecular complexity index is 517. The maximum Gasteiger partial charge on any atom is 0.329 e. The molecular weight excluding hydrogens is 294 g/mol. The van der Waals surface area contributed by atoms with Gasteiger partial charge in [0.2, 0.25) is 5.91 Å². The van der Waals surface area contributed by atoms with Crippen LogP contribution < -0.4 is 0 Å². The molecule has 1 aromatic carbocycles. The maximum absolute atomic E-state index is 12.1. The number of aliphatic carboxylic acids is 1. The van der Waals surface area contributed by atoms with Gasteiger partial charge in [0, 0.05) is 18.0 Å². The number of carbonyl (C=O) groups excluding carboxylic acids is 1. The lowest BCUT2D eigenvalue weighted by atomic mass is 9.92. The summed E-state index contributed by atoms with van der Waals surface area (Å²) in [5.41, 5.74) is 0.907. The molecule has 1 saturated heterocycles. The number of ether oxygens (including phenoxy) is 1. The molecule has 0 radical (unpaired) electrons. The van der Waals surface area contributed by atoms with Crippen molar-refractivity contribution in [2.45, 2.75) is 31.9 Å². The van der Waals surface area contributed by atoms with Crippen molar-refractivity contribution < 1.29 is 19.4 Å². The minimum absolute atomic E-state index is 0.0626. The van der Waals surface area contributed by atoms with Gasteiger partial charge < -0.3 is 14.7 Å². The molecule has 0 unspecified atom stereocenters. The summed E-state index contributed by atoms with van der Waals surface area (Å²) in [4.78, 5) is 24.5. The molecule has 0 aliphatic carbocycles. The Hall–Kier alpha value is -1.59. The second-order valence-electron chi connectivity index (χ2n) is 4.96. The highest BCUT2D eigenvalue weighted by atomic mass is 35.5. The van der Waals surface area contributed by atoms with Crippen LogP contribution >= 0.6 is 11.6 Å². The van der Waals surface area contributed by atoms with Gasteiger partial charge in [-0.15, -0.1) is 0 Å². The second kappa shape index (κ2) is 6.91. The summed E-state index contributed by atoms with van der Waals surface area (Å²) in [7, 11) is 0. The molecule has 2 atom stereocenters. The molecule has 1 heterocycles. The number of carboxylic acids is 1. The van der Waals surface area contributed by atoms with Crippen molar-refractivity contribution in [3.05, 3.63) is 34.9 Å². The van der Waals surface area contributed by atoms with Crippen LogP contribution in [0.3, 0.4) is 0 Å². The van der Waals surface area contributed by atoms with Crippen LogP contribution in [0.25, 0.3) is 0 Å². The lowest BCUT2D eigenvalue weighted by molar-refractivity contribution is -0.153. The summed E-state index contributed by atoms with van der Waals surface area (Å²) in [6, 6.07) is 6.96. The molecule has 1 aromatic rings. The van der Waals surface area contributed by atoms with E-state index in [-0.39, 0.29) is 24.7 Å². The van der Waals surface area contributed by atoms with E-state index in [1.165, 1.54) is 0 Å². The standard InChI is InChI=1S/C15H18ClNO4/c1-2-17-13(18)8-7-12(21-9-14(19)20)15(17)10-3-5-11(16)6-4-10/h3-6,12,15H,2,7-9H2,1H3,(H,19,20)/t12-,15+/m0/s1. The zero-order valence-electron chi connectivity index (χ0n) is 11.8. The third-order valence-corrected chi connectivity index (χ3v) is 3.88. The molecule has 6 heteroatoms. The number of likely N-dealkylation sites (tertiary alicyclic amines) is 1. The number of hydrogen-bond donors (Lipinski definition) is 1. The fraction of sp³-hybridized carbons (Fsp3) is 0.467. The lowest BCUT2D eigenvalue weighted by Crippen LogP contribution is -2.46. The lowest BCUT2D eigenvalue weighted by Gasteiger charge is -2.40. The van der Waals surface area contributed by atoms with Gasteiger partial charge in [0.25, 0.3) is 0 Å². The Kier molecular flexibility index (Phi) is 5.20. The number of carbonyl (C=O) groups is 2. The normalized spacial score (nSPS) is 22.4. The summed E-state index contributed by atoms with van der Waals surface area (Å²) in [6.07, 6.45) is 0.581. The van der Waals surface area contributed by atoms with Crippen molar-refractivity contribution >= 4 is 23.5 Å². The highest BCUT2D eigenvalue weighted by Crippen LogP contribution is 2.34. The van der Waals surface area contributed by atoms with Gasteiger partial charge in [0.1, 0.15) is 6.61 Å². The second-order valence-corrected chi connectivity index (χ2v) is 5.39. The van der Waals surface area contributed by atoms with Crippen molar-refractivity contribution in [3.8, 4) is 0 Å². The topological polar surface area (TPSA) is 66.8 Å². The minimum Gasteiger partial charge on any atom is -0.480 e. The van der Waals surface area contributed by atoms with E-state index >= 15 is 0 Å². The van der Waals surface area contributed by atoms with Crippen molar-refractivity contribution in [1.29, 1.82) is 0 Å². The first-order valence-electron chi connectivity index (χ1n) is 6.91. The number of piperidine rings is 1. The van der Waals surface area contributed by atoms with E-state index in [0.29, 0.717) is 24.4 Å². The van der Waals surface area contributed by atoms with E-state index in [1.807, 2.05) is 19.1 Å². The predicted octanol–water partition coefficient (Wildman–Crippen LogP) is 2.49. The van der Waals surface area contributed by atoms with Gasteiger partial charge in [0.05, 0.1) is 12.1 Å². The van der Waals surface area contributed by atoms with Gasteiger partial charge >= 0.3 is 5.97 Å². The summed E-state index contributed by atoms with van der Waals surface area (Å²) in [6.45, 7) is 2.10. The number of carboxylic acid groups (broad SMARTS) is 1. The molecule has 5 nitrogen and oxygen atoms in total. The molecule has 0 saturated carbocycles. The van der Waals surface area contributed by atoms with Gasteiger partial charge in [-0.1, -0.05) is 23.7 Å². The fourth-order valence-corrected chi connectivity index (χ4v) is 2.83. The number of nitrogens with zero attached hydrogens (tertiary/aromatic N) is 1. The molecule has 2 rings (SSSR count). The first kappa shape index (κ1) is 15.8. The number of benzene rings is 1. The Morgan fingerprint density at radius 3 is 2.67 bits per heavy atom. The van der Waals surface area contributed by atoms with Gasteiger partial charge in [-0.2, -0.15) is 0 Å². The van der Waals surface area contributed by atoms with E-state index in [4.69, 9.17) is 21.4 Å². The van der Waals surface area contributed by atoms with Crippen LogP contribution in [0.1, 0.15) is 31.4 Å². The Labute approximate surface area is 128 Å². The summed E-state index contributed by atoms with van der Waals surface area (Å²) >= 11 is 5.90. The maximum atomic E-state index is 12.1. The monoisotopic (exact) mass is 311 g/mol. The molecule has 1 aliphatic rings.